The lowest BCUT2D eigenvalue weighted by atomic mass is 10.2. The lowest BCUT2D eigenvalue weighted by Crippen LogP contribution is -2.11. The van der Waals surface area contributed by atoms with E-state index in [0.717, 1.165) is 5.69 Å². The summed E-state index contributed by atoms with van der Waals surface area (Å²) in [6.07, 6.45) is 0. The van der Waals surface area contributed by atoms with Crippen molar-refractivity contribution in [2.24, 2.45) is 0 Å². The fraction of sp³-hybridized carbons (Fsp3) is 0.231. The molecule has 0 aliphatic rings. The molecule has 100 valence electrons. The molecule has 1 aromatic heterocycles. The molecule has 0 unspecified atom stereocenters. The second-order valence-electron chi connectivity index (χ2n) is 4.32. The van der Waals surface area contributed by atoms with Gasteiger partial charge in [-0.25, -0.2) is 4.98 Å². The zero-order valence-corrected chi connectivity index (χ0v) is 12.7. The van der Waals surface area contributed by atoms with Gasteiger partial charge in [-0.3, -0.25) is 10.1 Å². The third-order valence-electron chi connectivity index (χ3n) is 2.52. The molecule has 0 radical (unpaired) electrons. The van der Waals surface area contributed by atoms with Crippen molar-refractivity contribution in [2.45, 2.75) is 19.8 Å². The Balaban J connectivity index is 2.13. The Labute approximate surface area is 125 Å². The van der Waals surface area contributed by atoms with E-state index in [1.54, 1.807) is 12.1 Å². The largest absolute Gasteiger partial charge is 0.298 e. The summed E-state index contributed by atoms with van der Waals surface area (Å²) in [7, 11) is 0. The van der Waals surface area contributed by atoms with Crippen molar-refractivity contribution >= 4 is 45.6 Å². The topological polar surface area (TPSA) is 42.0 Å². The van der Waals surface area contributed by atoms with E-state index >= 15 is 0 Å². The van der Waals surface area contributed by atoms with Crippen LogP contribution in [0.4, 0.5) is 5.13 Å². The molecular formula is C13H12Cl2N2OS. The summed E-state index contributed by atoms with van der Waals surface area (Å²) in [5.41, 5.74) is 1.42. The van der Waals surface area contributed by atoms with Crippen LogP contribution in [0.25, 0.3) is 0 Å². The zero-order chi connectivity index (χ0) is 14.0. The monoisotopic (exact) mass is 314 g/mol. The maximum atomic E-state index is 12.0. The third-order valence-corrected chi connectivity index (χ3v) is 4.03. The van der Waals surface area contributed by atoms with Gasteiger partial charge >= 0.3 is 0 Å². The number of hydrogen-bond donors (Lipinski definition) is 1. The Morgan fingerprint density at radius 1 is 1.32 bits per heavy atom. The molecule has 1 N–H and O–H groups in total. The number of nitrogens with one attached hydrogen (secondary N) is 1. The van der Waals surface area contributed by atoms with Crippen LogP contribution < -0.4 is 5.32 Å². The number of thiazole rings is 1. The lowest BCUT2D eigenvalue weighted by molar-refractivity contribution is 0.102. The average molecular weight is 315 g/mol. The van der Waals surface area contributed by atoms with Crippen molar-refractivity contribution in [3.63, 3.8) is 0 Å². The fourth-order valence-electron chi connectivity index (χ4n) is 1.42. The van der Waals surface area contributed by atoms with Crippen molar-refractivity contribution in [1.82, 2.24) is 4.98 Å². The standard InChI is InChI=1S/C13H12Cl2N2OS/c1-7(2)11-6-19-13(16-11)17-12(18)8-3-4-9(14)10(15)5-8/h3-7H,1-2H3,(H,16,17,18). The maximum absolute atomic E-state index is 12.0. The first kappa shape index (κ1) is 14.3. The van der Waals surface area contributed by atoms with Gasteiger partial charge in [-0.05, 0) is 24.1 Å². The number of amides is 1. The van der Waals surface area contributed by atoms with Gasteiger partial charge < -0.3 is 0 Å². The molecule has 0 aliphatic heterocycles. The SMILES string of the molecule is CC(C)c1csc(NC(=O)c2ccc(Cl)c(Cl)c2)n1. The minimum Gasteiger partial charge on any atom is -0.298 e. The van der Waals surface area contributed by atoms with Gasteiger partial charge in [0.05, 0.1) is 15.7 Å². The van der Waals surface area contributed by atoms with Crippen LogP contribution >= 0.6 is 34.5 Å². The van der Waals surface area contributed by atoms with Gasteiger partial charge in [-0.1, -0.05) is 37.0 Å². The molecule has 2 rings (SSSR count). The van der Waals surface area contributed by atoms with Gasteiger partial charge in [0.25, 0.3) is 5.91 Å². The molecule has 6 heteroatoms. The molecule has 0 saturated heterocycles. The van der Waals surface area contributed by atoms with E-state index in [2.05, 4.69) is 24.1 Å². The van der Waals surface area contributed by atoms with Crippen molar-refractivity contribution in [3.05, 3.63) is 44.9 Å². The van der Waals surface area contributed by atoms with Gasteiger partial charge in [0.15, 0.2) is 5.13 Å². The van der Waals surface area contributed by atoms with E-state index in [4.69, 9.17) is 23.2 Å². The Bertz CT molecular complexity index is 610. The molecule has 0 spiro atoms. The van der Waals surface area contributed by atoms with Gasteiger partial charge in [-0.2, -0.15) is 0 Å². The Morgan fingerprint density at radius 2 is 2.05 bits per heavy atom. The molecule has 0 aliphatic carbocycles. The second-order valence-corrected chi connectivity index (χ2v) is 5.99. The van der Waals surface area contributed by atoms with Gasteiger partial charge in [0.1, 0.15) is 0 Å². The molecule has 0 saturated carbocycles. The van der Waals surface area contributed by atoms with Gasteiger partial charge in [-0.15, -0.1) is 11.3 Å². The summed E-state index contributed by atoms with van der Waals surface area (Å²) in [6.45, 7) is 4.11. The number of carbonyl (C=O) groups excluding carboxylic acids is 1. The molecule has 1 heterocycles. The number of hydrogen-bond acceptors (Lipinski definition) is 3. The minimum atomic E-state index is -0.247. The van der Waals surface area contributed by atoms with E-state index < -0.39 is 0 Å². The number of anilines is 1. The maximum Gasteiger partial charge on any atom is 0.257 e. The van der Waals surface area contributed by atoms with Crippen molar-refractivity contribution in [3.8, 4) is 0 Å². The van der Waals surface area contributed by atoms with E-state index in [1.807, 2.05) is 5.38 Å². The first-order valence-electron chi connectivity index (χ1n) is 5.69. The van der Waals surface area contributed by atoms with Crippen molar-refractivity contribution in [1.29, 1.82) is 0 Å². The van der Waals surface area contributed by atoms with E-state index in [-0.39, 0.29) is 5.91 Å². The third kappa shape index (κ3) is 3.47. The quantitative estimate of drug-likeness (QED) is 0.882. The number of carbonyl (C=O) groups is 1. The predicted octanol–water partition coefficient (Wildman–Crippen LogP) is 4.83. The average Bonchev–Trinajstić information content (AvgIpc) is 2.81. The number of benzene rings is 1. The summed E-state index contributed by atoms with van der Waals surface area (Å²) in [4.78, 5) is 16.4. The second kappa shape index (κ2) is 5.90. The highest BCUT2D eigenvalue weighted by Crippen LogP contribution is 2.24. The fourth-order valence-corrected chi connectivity index (χ4v) is 2.58. The first-order valence-corrected chi connectivity index (χ1v) is 7.32. The van der Waals surface area contributed by atoms with Crippen LogP contribution in [0.15, 0.2) is 23.6 Å². The number of halogens is 2. The molecule has 1 amide bonds. The highest BCUT2D eigenvalue weighted by atomic mass is 35.5. The Morgan fingerprint density at radius 3 is 2.63 bits per heavy atom. The van der Waals surface area contributed by atoms with Crippen LogP contribution in [0.3, 0.4) is 0 Å². The molecule has 0 fully saturated rings. The Kier molecular flexibility index (Phi) is 4.45. The number of aromatic nitrogens is 1. The molecule has 0 atom stereocenters. The van der Waals surface area contributed by atoms with Crippen LogP contribution in [-0.2, 0) is 0 Å². The van der Waals surface area contributed by atoms with E-state index in [0.29, 0.717) is 26.7 Å². The van der Waals surface area contributed by atoms with Crippen LogP contribution in [0.5, 0.6) is 0 Å². The van der Waals surface area contributed by atoms with Crippen molar-refractivity contribution < 1.29 is 4.79 Å². The Hall–Kier alpha value is -1.10. The lowest BCUT2D eigenvalue weighted by Gasteiger charge is -2.03. The minimum absolute atomic E-state index is 0.247. The predicted molar refractivity (Wildman–Crippen MR) is 80.6 cm³/mol. The van der Waals surface area contributed by atoms with Crippen LogP contribution in [0.1, 0.15) is 35.8 Å². The van der Waals surface area contributed by atoms with Gasteiger partial charge in [0, 0.05) is 10.9 Å². The summed E-state index contributed by atoms with van der Waals surface area (Å²) >= 11 is 13.1. The summed E-state index contributed by atoms with van der Waals surface area (Å²) < 4.78 is 0. The number of nitrogens with zero attached hydrogens (tertiary/aromatic N) is 1. The van der Waals surface area contributed by atoms with E-state index in [1.165, 1.54) is 17.4 Å². The molecular weight excluding hydrogens is 303 g/mol. The molecule has 2 aromatic rings. The summed E-state index contributed by atoms with van der Waals surface area (Å²) in [5.74, 6) is 0.0927. The molecule has 1 aromatic carbocycles. The normalized spacial score (nSPS) is 10.8. The molecule has 3 nitrogen and oxygen atoms in total. The van der Waals surface area contributed by atoms with E-state index in [9.17, 15) is 4.79 Å². The number of rotatable bonds is 3. The molecule has 0 bridgehead atoms. The van der Waals surface area contributed by atoms with Crippen molar-refractivity contribution in [2.75, 3.05) is 5.32 Å². The first-order chi connectivity index (χ1) is 8.97. The highest BCUT2D eigenvalue weighted by Gasteiger charge is 2.11. The zero-order valence-electron chi connectivity index (χ0n) is 10.4. The van der Waals surface area contributed by atoms with Crippen LogP contribution in [-0.4, -0.2) is 10.9 Å². The van der Waals surface area contributed by atoms with Crippen LogP contribution in [0.2, 0.25) is 10.0 Å². The highest BCUT2D eigenvalue weighted by molar-refractivity contribution is 7.14. The van der Waals surface area contributed by atoms with Gasteiger partial charge in [0.2, 0.25) is 0 Å². The molecule has 19 heavy (non-hydrogen) atoms. The smallest absolute Gasteiger partial charge is 0.257 e. The summed E-state index contributed by atoms with van der Waals surface area (Å²) in [5, 5.41) is 6.05. The summed E-state index contributed by atoms with van der Waals surface area (Å²) in [6, 6.07) is 4.76. The van der Waals surface area contributed by atoms with Crippen LogP contribution in [0, 0.1) is 0 Å².